The molecule has 0 bridgehead atoms. The largest absolute Gasteiger partial charge is 0.469 e. The van der Waals surface area contributed by atoms with Gasteiger partial charge in [-0.05, 0) is 24.1 Å². The number of hydrogen-bond donors (Lipinski definition) is 1. The molecule has 21 heavy (non-hydrogen) atoms. The molecule has 2 aromatic rings. The van der Waals surface area contributed by atoms with Crippen LogP contribution in [0.5, 0.6) is 0 Å². The fourth-order valence-electron chi connectivity index (χ4n) is 2.45. The molecule has 1 aromatic carbocycles. The first-order chi connectivity index (χ1) is 10.2. The molecule has 3 rings (SSSR count). The SMILES string of the molecule is COC(=O)Cc1nc2n(n1)C(c1cccc(F)c1)CCN2. The predicted octanol–water partition coefficient (Wildman–Crippen LogP) is 1.54. The van der Waals surface area contributed by atoms with Gasteiger partial charge < -0.3 is 10.1 Å². The molecule has 0 saturated carbocycles. The second-order valence-corrected chi connectivity index (χ2v) is 4.84. The van der Waals surface area contributed by atoms with E-state index in [4.69, 9.17) is 0 Å². The number of halogens is 1. The summed E-state index contributed by atoms with van der Waals surface area (Å²) in [5.41, 5.74) is 0.840. The highest BCUT2D eigenvalue weighted by Gasteiger charge is 2.25. The number of rotatable bonds is 3. The van der Waals surface area contributed by atoms with Gasteiger partial charge in [-0.2, -0.15) is 10.1 Å². The molecule has 0 aliphatic carbocycles. The van der Waals surface area contributed by atoms with Crippen LogP contribution in [-0.2, 0) is 16.0 Å². The summed E-state index contributed by atoms with van der Waals surface area (Å²) in [6.07, 6.45) is 0.797. The zero-order chi connectivity index (χ0) is 14.8. The Bertz CT molecular complexity index is 671. The van der Waals surface area contributed by atoms with Crippen LogP contribution in [0.3, 0.4) is 0 Å². The Morgan fingerprint density at radius 1 is 1.57 bits per heavy atom. The fourth-order valence-corrected chi connectivity index (χ4v) is 2.45. The van der Waals surface area contributed by atoms with Crippen LogP contribution >= 0.6 is 0 Å². The molecule has 0 radical (unpaired) electrons. The molecular formula is C14H15FN4O2. The van der Waals surface area contributed by atoms with E-state index in [0.717, 1.165) is 18.5 Å². The Morgan fingerprint density at radius 3 is 3.19 bits per heavy atom. The van der Waals surface area contributed by atoms with Crippen molar-refractivity contribution in [3.05, 3.63) is 41.5 Å². The zero-order valence-electron chi connectivity index (χ0n) is 11.5. The zero-order valence-corrected chi connectivity index (χ0v) is 11.5. The molecule has 0 saturated heterocycles. The van der Waals surface area contributed by atoms with E-state index in [1.165, 1.54) is 19.2 Å². The lowest BCUT2D eigenvalue weighted by Gasteiger charge is -2.24. The van der Waals surface area contributed by atoms with E-state index in [1.54, 1.807) is 10.7 Å². The maximum absolute atomic E-state index is 13.4. The average molecular weight is 290 g/mol. The van der Waals surface area contributed by atoms with Crippen LogP contribution < -0.4 is 5.32 Å². The van der Waals surface area contributed by atoms with Gasteiger partial charge in [0.05, 0.1) is 13.2 Å². The van der Waals surface area contributed by atoms with Crippen LogP contribution in [-0.4, -0.2) is 34.4 Å². The molecule has 0 fully saturated rings. The van der Waals surface area contributed by atoms with E-state index in [-0.39, 0.29) is 24.2 Å². The van der Waals surface area contributed by atoms with Crippen LogP contribution in [0.25, 0.3) is 0 Å². The van der Waals surface area contributed by atoms with Crippen molar-refractivity contribution in [3.8, 4) is 0 Å². The quantitative estimate of drug-likeness (QED) is 0.868. The van der Waals surface area contributed by atoms with E-state index in [9.17, 15) is 9.18 Å². The van der Waals surface area contributed by atoms with Gasteiger partial charge in [0, 0.05) is 6.54 Å². The highest BCUT2D eigenvalue weighted by Crippen LogP contribution is 2.28. The molecule has 1 aliphatic rings. The van der Waals surface area contributed by atoms with Crippen molar-refractivity contribution in [3.63, 3.8) is 0 Å². The highest BCUT2D eigenvalue weighted by molar-refractivity contribution is 5.71. The predicted molar refractivity (Wildman–Crippen MR) is 73.4 cm³/mol. The third kappa shape index (κ3) is 2.72. The van der Waals surface area contributed by atoms with Gasteiger partial charge in [0.15, 0.2) is 5.82 Å². The monoisotopic (exact) mass is 290 g/mol. The lowest BCUT2D eigenvalue weighted by molar-refractivity contribution is -0.139. The standard InChI is InChI=1S/C14H15FN4O2/c1-21-13(20)8-12-17-14-16-6-5-11(19(14)18-12)9-3-2-4-10(15)7-9/h2-4,7,11H,5-6,8H2,1H3,(H,16,17,18). The third-order valence-corrected chi connectivity index (χ3v) is 3.43. The van der Waals surface area contributed by atoms with Crippen molar-refractivity contribution in [2.45, 2.75) is 18.9 Å². The van der Waals surface area contributed by atoms with E-state index in [0.29, 0.717) is 11.8 Å². The molecule has 1 unspecified atom stereocenters. The van der Waals surface area contributed by atoms with Gasteiger partial charge >= 0.3 is 5.97 Å². The van der Waals surface area contributed by atoms with Crippen molar-refractivity contribution in [2.75, 3.05) is 19.0 Å². The van der Waals surface area contributed by atoms with Crippen LogP contribution in [0.15, 0.2) is 24.3 Å². The van der Waals surface area contributed by atoms with Crippen LogP contribution in [0.4, 0.5) is 10.3 Å². The maximum atomic E-state index is 13.4. The van der Waals surface area contributed by atoms with Crippen LogP contribution in [0.2, 0.25) is 0 Å². The lowest BCUT2D eigenvalue weighted by atomic mass is 10.0. The van der Waals surface area contributed by atoms with E-state index < -0.39 is 0 Å². The van der Waals surface area contributed by atoms with E-state index in [1.807, 2.05) is 6.07 Å². The minimum atomic E-state index is -0.389. The summed E-state index contributed by atoms with van der Waals surface area (Å²) >= 11 is 0. The molecule has 7 heteroatoms. The smallest absolute Gasteiger partial charge is 0.313 e. The number of fused-ring (bicyclic) bond motifs is 1. The first-order valence-electron chi connectivity index (χ1n) is 6.69. The second kappa shape index (κ2) is 5.51. The minimum Gasteiger partial charge on any atom is -0.469 e. The molecule has 1 N–H and O–H groups in total. The number of ether oxygens (including phenoxy) is 1. The molecule has 1 aliphatic heterocycles. The van der Waals surface area contributed by atoms with Crippen LogP contribution in [0, 0.1) is 5.82 Å². The molecule has 1 aromatic heterocycles. The Balaban J connectivity index is 1.92. The highest BCUT2D eigenvalue weighted by atomic mass is 19.1. The van der Waals surface area contributed by atoms with E-state index in [2.05, 4.69) is 20.1 Å². The van der Waals surface area contributed by atoms with Crippen molar-refractivity contribution in [1.82, 2.24) is 14.8 Å². The van der Waals surface area contributed by atoms with Gasteiger partial charge in [0.25, 0.3) is 0 Å². The summed E-state index contributed by atoms with van der Waals surface area (Å²) in [5.74, 6) is 0.324. The van der Waals surface area contributed by atoms with Gasteiger partial charge in [-0.3, -0.25) is 4.79 Å². The maximum Gasteiger partial charge on any atom is 0.313 e. The second-order valence-electron chi connectivity index (χ2n) is 4.84. The van der Waals surface area contributed by atoms with Crippen LogP contribution in [0.1, 0.15) is 23.9 Å². The number of nitrogens with zero attached hydrogens (tertiary/aromatic N) is 3. The summed E-state index contributed by atoms with van der Waals surface area (Å²) in [4.78, 5) is 15.6. The Labute approximate surface area is 120 Å². The number of esters is 1. The number of hydrogen-bond acceptors (Lipinski definition) is 5. The van der Waals surface area contributed by atoms with Gasteiger partial charge in [-0.1, -0.05) is 12.1 Å². The molecular weight excluding hydrogens is 275 g/mol. The summed E-state index contributed by atoms with van der Waals surface area (Å²) < 4.78 is 19.7. The van der Waals surface area contributed by atoms with Gasteiger partial charge in [-0.15, -0.1) is 0 Å². The van der Waals surface area contributed by atoms with E-state index >= 15 is 0 Å². The number of nitrogens with one attached hydrogen (secondary N) is 1. The number of methoxy groups -OCH3 is 1. The van der Waals surface area contributed by atoms with Crippen molar-refractivity contribution < 1.29 is 13.9 Å². The first kappa shape index (κ1) is 13.5. The van der Waals surface area contributed by atoms with Gasteiger partial charge in [0.1, 0.15) is 12.2 Å². The number of carbonyl (C=O) groups excluding carboxylic acids is 1. The molecule has 1 atom stereocenters. The van der Waals surface area contributed by atoms with Crippen molar-refractivity contribution in [1.29, 1.82) is 0 Å². The topological polar surface area (TPSA) is 69.0 Å². The number of benzene rings is 1. The number of aromatic nitrogens is 3. The normalized spacial score (nSPS) is 17.0. The lowest BCUT2D eigenvalue weighted by Crippen LogP contribution is -2.24. The Kier molecular flexibility index (Phi) is 3.55. The molecule has 0 amide bonds. The fraction of sp³-hybridized carbons (Fsp3) is 0.357. The third-order valence-electron chi connectivity index (χ3n) is 3.43. The average Bonchev–Trinajstić information content (AvgIpc) is 2.89. The molecule has 0 spiro atoms. The number of anilines is 1. The van der Waals surface area contributed by atoms with Gasteiger partial charge in [-0.25, -0.2) is 9.07 Å². The van der Waals surface area contributed by atoms with Crippen molar-refractivity contribution in [2.24, 2.45) is 0 Å². The Hall–Kier alpha value is -2.44. The number of carbonyl (C=O) groups is 1. The van der Waals surface area contributed by atoms with Gasteiger partial charge in [0.2, 0.25) is 5.95 Å². The summed E-state index contributed by atoms with van der Waals surface area (Å²) in [6, 6.07) is 6.37. The summed E-state index contributed by atoms with van der Waals surface area (Å²) in [5, 5.41) is 7.48. The Morgan fingerprint density at radius 2 is 2.43 bits per heavy atom. The summed E-state index contributed by atoms with van der Waals surface area (Å²) in [6.45, 7) is 0.720. The van der Waals surface area contributed by atoms with Crippen molar-refractivity contribution >= 4 is 11.9 Å². The minimum absolute atomic E-state index is 0.0219. The molecule has 110 valence electrons. The molecule has 2 heterocycles. The first-order valence-corrected chi connectivity index (χ1v) is 6.69. The molecule has 6 nitrogen and oxygen atoms in total. The summed E-state index contributed by atoms with van der Waals surface area (Å²) in [7, 11) is 1.33.